The van der Waals surface area contributed by atoms with Crippen molar-refractivity contribution in [3.8, 4) is 17.1 Å². The van der Waals surface area contributed by atoms with Crippen LogP contribution < -0.4 is 21.1 Å². The van der Waals surface area contributed by atoms with E-state index in [-0.39, 0.29) is 63.5 Å². The summed E-state index contributed by atoms with van der Waals surface area (Å²) in [6.07, 6.45) is -0.600. The molecule has 3 aromatic heterocycles. The van der Waals surface area contributed by atoms with Gasteiger partial charge in [0.2, 0.25) is 5.91 Å². The van der Waals surface area contributed by atoms with Gasteiger partial charge in [-0.3, -0.25) is 14.4 Å². The van der Waals surface area contributed by atoms with Gasteiger partial charge in [0.25, 0.3) is 11.8 Å². The quantitative estimate of drug-likeness (QED) is 0.200. The number of nitrogens with one attached hydrogen (secondary N) is 3. The standard InChI is InChI=1S/C39H43ClF3N11O5/c1-50-31(27-20-53(49-34(27)39(41,42)43)32-5-4-29-30(48-32)6-9-45-29)19-46-35(50)36(57)47-25-2-3-26(28(40)16-25)38(59)52-12-10-51(11-13-52)37(58)24-7-14-54(15-8-24,22-33(55)56)21-23-17-44-18-23/h2-5,16,19-20,23-24,44-45H,6-15,17-18,21-22H2,1H3,(H-,47,55,56,57,59). The summed E-state index contributed by atoms with van der Waals surface area (Å²) in [6.45, 7) is 5.65. The van der Waals surface area contributed by atoms with Gasteiger partial charge in [-0.2, -0.15) is 18.3 Å². The van der Waals surface area contributed by atoms with E-state index in [1.54, 1.807) is 21.9 Å². The molecule has 7 heterocycles. The molecule has 0 radical (unpaired) electrons. The third-order valence-electron chi connectivity index (χ3n) is 11.9. The van der Waals surface area contributed by atoms with E-state index in [1.807, 2.05) is 0 Å². The van der Waals surface area contributed by atoms with Crippen LogP contribution in [0.5, 0.6) is 0 Å². The number of carboxylic acids is 1. The number of quaternary nitrogens is 1. The van der Waals surface area contributed by atoms with E-state index in [9.17, 15) is 37.5 Å². The third kappa shape index (κ3) is 8.23. The molecule has 4 aromatic rings. The second-order valence-corrected chi connectivity index (χ2v) is 16.2. The first kappa shape index (κ1) is 40.3. The lowest BCUT2D eigenvalue weighted by atomic mass is 9.90. The second kappa shape index (κ2) is 15.9. The summed E-state index contributed by atoms with van der Waals surface area (Å²) in [5.74, 6) is -1.85. The Morgan fingerprint density at radius 1 is 1.03 bits per heavy atom. The lowest BCUT2D eigenvalue weighted by molar-refractivity contribution is -0.931. The smallest absolute Gasteiger partial charge is 0.435 e. The van der Waals surface area contributed by atoms with Gasteiger partial charge in [-0.15, -0.1) is 0 Å². The highest BCUT2D eigenvalue weighted by Gasteiger charge is 2.42. The van der Waals surface area contributed by atoms with Crippen molar-refractivity contribution >= 4 is 46.7 Å². The highest BCUT2D eigenvalue weighted by Crippen LogP contribution is 2.37. The van der Waals surface area contributed by atoms with Crippen LogP contribution in [-0.4, -0.2) is 134 Å². The van der Waals surface area contributed by atoms with Gasteiger partial charge >= 0.3 is 6.18 Å². The molecule has 8 rings (SSSR count). The molecular weight excluding hydrogens is 795 g/mol. The van der Waals surface area contributed by atoms with Crippen LogP contribution in [0.4, 0.5) is 24.5 Å². The molecule has 20 heteroatoms. The lowest BCUT2D eigenvalue weighted by Crippen LogP contribution is -2.63. The van der Waals surface area contributed by atoms with E-state index >= 15 is 0 Å². The van der Waals surface area contributed by atoms with Crippen LogP contribution in [0.25, 0.3) is 17.1 Å². The Balaban J connectivity index is 0.880. The molecule has 3 amide bonds. The fourth-order valence-corrected chi connectivity index (χ4v) is 8.88. The predicted octanol–water partition coefficient (Wildman–Crippen LogP) is 2.04. The van der Waals surface area contributed by atoms with E-state index < -0.39 is 23.7 Å². The first-order valence-corrected chi connectivity index (χ1v) is 19.9. The van der Waals surface area contributed by atoms with Gasteiger partial charge < -0.3 is 44.7 Å². The van der Waals surface area contributed by atoms with Crippen molar-refractivity contribution in [3.63, 3.8) is 0 Å². The Hall–Kier alpha value is -5.53. The molecule has 59 heavy (non-hydrogen) atoms. The first-order valence-electron chi connectivity index (χ1n) is 19.6. The van der Waals surface area contributed by atoms with Crippen LogP contribution in [0, 0.1) is 11.8 Å². The highest BCUT2D eigenvalue weighted by atomic mass is 35.5. The topological polar surface area (TPSA) is 182 Å². The Bertz CT molecular complexity index is 2290. The maximum atomic E-state index is 14.2. The fraction of sp³-hybridized carbons (Fsp3) is 0.462. The van der Waals surface area contributed by atoms with Gasteiger partial charge in [0.15, 0.2) is 17.3 Å². The molecule has 3 saturated heterocycles. The molecule has 0 saturated carbocycles. The Morgan fingerprint density at radius 3 is 2.42 bits per heavy atom. The SMILES string of the molecule is Cn1c(-c2cn(-c3ccc4c(n3)CCN4)nc2C(F)(F)F)cnc1C(=O)Nc1ccc(C(=O)N2CCN(C(=O)C3CC[N+](CC(=O)[O-])(CC4CNC4)CC3)CC2)c(Cl)c1. The molecule has 4 aliphatic rings. The molecule has 0 spiro atoms. The summed E-state index contributed by atoms with van der Waals surface area (Å²) in [5, 5.41) is 24.5. The van der Waals surface area contributed by atoms with Crippen molar-refractivity contribution in [1.82, 2.24) is 39.4 Å². The third-order valence-corrected chi connectivity index (χ3v) is 12.2. The number of amides is 3. The van der Waals surface area contributed by atoms with Gasteiger partial charge in [-0.05, 0) is 30.3 Å². The number of piperazine rings is 1. The number of hydrogen-bond donors (Lipinski definition) is 3. The number of likely N-dealkylation sites (tertiary alicyclic amines) is 1. The van der Waals surface area contributed by atoms with Crippen molar-refractivity contribution in [3.05, 3.63) is 70.5 Å². The van der Waals surface area contributed by atoms with Crippen molar-refractivity contribution in [1.29, 1.82) is 0 Å². The molecule has 1 aromatic carbocycles. The summed E-state index contributed by atoms with van der Waals surface area (Å²) in [4.78, 5) is 64.0. The number of halogens is 4. The number of carboxylic acid groups (broad SMARTS) is 1. The summed E-state index contributed by atoms with van der Waals surface area (Å²) >= 11 is 6.56. The normalized spacial score (nSPS) is 20.8. The number of aliphatic carboxylic acids is 1. The summed E-state index contributed by atoms with van der Waals surface area (Å²) in [6, 6.07) is 7.70. The van der Waals surface area contributed by atoms with Gasteiger partial charge in [0, 0.05) is 95.8 Å². The molecule has 0 atom stereocenters. The number of anilines is 2. The van der Waals surface area contributed by atoms with Crippen LogP contribution in [0.1, 0.15) is 45.2 Å². The number of benzene rings is 1. The lowest BCUT2D eigenvalue weighted by Gasteiger charge is -2.47. The van der Waals surface area contributed by atoms with Crippen LogP contribution in [0.15, 0.2) is 42.7 Å². The zero-order valence-corrected chi connectivity index (χ0v) is 33.0. The average Bonchev–Trinajstić information content (AvgIpc) is 3.94. The number of piperidine rings is 1. The molecule has 312 valence electrons. The molecule has 0 aliphatic carbocycles. The Labute approximate surface area is 341 Å². The number of hydrogen-bond acceptors (Lipinski definition) is 10. The van der Waals surface area contributed by atoms with Crippen molar-refractivity contribution in [2.75, 3.05) is 82.6 Å². The molecule has 0 bridgehead atoms. The Kier molecular flexibility index (Phi) is 10.9. The molecular formula is C39H43ClF3N11O5. The van der Waals surface area contributed by atoms with E-state index in [0.29, 0.717) is 75.5 Å². The molecule has 3 fully saturated rings. The Morgan fingerprint density at radius 2 is 1.76 bits per heavy atom. The number of imidazole rings is 1. The van der Waals surface area contributed by atoms with Gasteiger partial charge in [0.1, 0.15) is 6.54 Å². The van der Waals surface area contributed by atoms with Crippen molar-refractivity contribution < 1.29 is 41.9 Å². The minimum atomic E-state index is -4.81. The van der Waals surface area contributed by atoms with Gasteiger partial charge in [-0.1, -0.05) is 11.6 Å². The van der Waals surface area contributed by atoms with Crippen LogP contribution >= 0.6 is 11.6 Å². The number of carbonyl (C=O) groups is 4. The van der Waals surface area contributed by atoms with Crippen LogP contribution in [0.2, 0.25) is 5.02 Å². The predicted molar refractivity (Wildman–Crippen MR) is 206 cm³/mol. The summed E-state index contributed by atoms with van der Waals surface area (Å²) in [5.41, 5.74) is 0.538. The van der Waals surface area contributed by atoms with E-state index in [4.69, 9.17) is 11.6 Å². The van der Waals surface area contributed by atoms with E-state index in [0.717, 1.165) is 35.7 Å². The summed E-state index contributed by atoms with van der Waals surface area (Å²) < 4.78 is 45.5. The number of carbonyl (C=O) groups excluding carboxylic acids is 4. The number of pyridine rings is 1. The number of rotatable bonds is 10. The molecule has 0 unspecified atom stereocenters. The van der Waals surface area contributed by atoms with E-state index in [1.165, 1.54) is 42.2 Å². The molecule has 3 N–H and O–H groups in total. The average molecular weight is 838 g/mol. The van der Waals surface area contributed by atoms with Gasteiger partial charge in [-0.25, -0.2) is 14.6 Å². The highest BCUT2D eigenvalue weighted by molar-refractivity contribution is 6.34. The maximum Gasteiger partial charge on any atom is 0.435 e. The minimum absolute atomic E-state index is 0.00280. The van der Waals surface area contributed by atoms with Crippen LogP contribution in [0.3, 0.4) is 0 Å². The van der Waals surface area contributed by atoms with E-state index in [2.05, 4.69) is 31.0 Å². The number of alkyl halides is 3. The first-order chi connectivity index (χ1) is 28.2. The summed E-state index contributed by atoms with van der Waals surface area (Å²) in [7, 11) is 1.42. The maximum absolute atomic E-state index is 14.2. The monoisotopic (exact) mass is 837 g/mol. The second-order valence-electron chi connectivity index (χ2n) is 15.8. The minimum Gasteiger partial charge on any atom is -0.544 e. The number of fused-ring (bicyclic) bond motifs is 1. The van der Waals surface area contributed by atoms with Crippen LogP contribution in [-0.2, 0) is 29.2 Å². The van der Waals surface area contributed by atoms with Crippen molar-refractivity contribution in [2.24, 2.45) is 18.9 Å². The van der Waals surface area contributed by atoms with Gasteiger partial charge in [0.05, 0.1) is 65.0 Å². The number of aromatic nitrogens is 5. The zero-order chi connectivity index (χ0) is 41.6. The molecule has 4 aliphatic heterocycles. The fourth-order valence-electron chi connectivity index (χ4n) is 8.62. The van der Waals surface area contributed by atoms with Crippen molar-refractivity contribution in [2.45, 2.75) is 25.4 Å². The number of nitrogens with zero attached hydrogens (tertiary/aromatic N) is 8. The zero-order valence-electron chi connectivity index (χ0n) is 32.2. The largest absolute Gasteiger partial charge is 0.544 e. The molecule has 16 nitrogen and oxygen atoms in total.